The van der Waals surface area contributed by atoms with Crippen molar-refractivity contribution >= 4 is 28.1 Å². The third kappa shape index (κ3) is 1.40. The average Bonchev–Trinajstić information content (AvgIpc) is 2.98. The first-order valence-electron chi connectivity index (χ1n) is 6.88. The van der Waals surface area contributed by atoms with E-state index in [0.29, 0.717) is 0 Å². The molecule has 2 aromatic carbocycles. The maximum Gasteiger partial charge on any atom is 0.139 e. The molecule has 0 fully saturated rings. The van der Waals surface area contributed by atoms with E-state index in [1.54, 1.807) is 0 Å². The van der Waals surface area contributed by atoms with Crippen LogP contribution in [0.15, 0.2) is 54.6 Å². The number of fused-ring (bicyclic) bond motifs is 3. The van der Waals surface area contributed by atoms with Gasteiger partial charge in [-0.05, 0) is 18.2 Å². The van der Waals surface area contributed by atoms with Gasteiger partial charge in [0.15, 0.2) is 0 Å². The summed E-state index contributed by atoms with van der Waals surface area (Å²) in [6.07, 6.45) is 0. The van der Waals surface area contributed by atoms with Crippen LogP contribution in [-0.4, -0.2) is 18.3 Å². The molecule has 0 amide bonds. The van der Waals surface area contributed by atoms with Crippen LogP contribution in [0.1, 0.15) is 0 Å². The van der Waals surface area contributed by atoms with Gasteiger partial charge in [0, 0.05) is 25.2 Å². The Kier molecular flexibility index (Phi) is 2.30. The molecule has 3 nitrogen and oxygen atoms in total. The highest BCUT2D eigenvalue weighted by atomic mass is 15.4. The van der Waals surface area contributed by atoms with E-state index < -0.39 is 0 Å². The molecule has 0 saturated carbocycles. The zero-order valence-corrected chi connectivity index (χ0v) is 11.7. The van der Waals surface area contributed by atoms with Crippen molar-refractivity contribution in [2.45, 2.75) is 0 Å². The molecule has 3 aromatic rings. The van der Waals surface area contributed by atoms with Crippen molar-refractivity contribution in [3.8, 4) is 0 Å². The standard InChI is InChI=1S/C17H17N3/c1-18-12-20(13-8-4-3-5-9-13)17-16(18)14-10-6-7-11-15(14)19(17)2/h3-11H,12H2,1-2H3. The number of aromatic nitrogens is 1. The van der Waals surface area contributed by atoms with Gasteiger partial charge in [0.05, 0.1) is 17.9 Å². The predicted molar refractivity (Wildman–Crippen MR) is 84.8 cm³/mol. The lowest BCUT2D eigenvalue weighted by Gasteiger charge is -2.21. The highest BCUT2D eigenvalue weighted by Crippen LogP contribution is 2.45. The van der Waals surface area contributed by atoms with Crippen molar-refractivity contribution in [1.29, 1.82) is 0 Å². The fourth-order valence-corrected chi connectivity index (χ4v) is 3.21. The monoisotopic (exact) mass is 263 g/mol. The summed E-state index contributed by atoms with van der Waals surface area (Å²) in [4.78, 5) is 4.69. The normalized spacial score (nSPS) is 14.1. The molecule has 0 saturated heterocycles. The van der Waals surface area contributed by atoms with Gasteiger partial charge in [-0.2, -0.15) is 0 Å². The smallest absolute Gasteiger partial charge is 0.139 e. The Bertz CT molecular complexity index is 774. The first-order valence-corrected chi connectivity index (χ1v) is 6.88. The Labute approximate surface area is 118 Å². The molecule has 0 radical (unpaired) electrons. The van der Waals surface area contributed by atoms with Gasteiger partial charge in [-0.3, -0.25) is 0 Å². The van der Waals surface area contributed by atoms with Crippen molar-refractivity contribution in [2.24, 2.45) is 7.05 Å². The first kappa shape index (κ1) is 11.4. The van der Waals surface area contributed by atoms with Crippen LogP contribution in [-0.2, 0) is 7.05 Å². The van der Waals surface area contributed by atoms with Crippen LogP contribution in [0.4, 0.5) is 17.2 Å². The van der Waals surface area contributed by atoms with E-state index in [1.807, 2.05) is 0 Å². The van der Waals surface area contributed by atoms with E-state index in [1.165, 1.54) is 28.1 Å². The Morgan fingerprint density at radius 1 is 0.850 bits per heavy atom. The number of benzene rings is 2. The molecule has 0 bridgehead atoms. The first-order chi connectivity index (χ1) is 9.77. The highest BCUT2D eigenvalue weighted by molar-refractivity contribution is 6.04. The number of anilines is 3. The molecule has 0 aliphatic carbocycles. The van der Waals surface area contributed by atoms with Crippen molar-refractivity contribution in [3.05, 3.63) is 54.6 Å². The minimum Gasteiger partial charge on any atom is -0.353 e. The molecule has 1 aliphatic rings. The van der Waals surface area contributed by atoms with Gasteiger partial charge in [-0.25, -0.2) is 0 Å². The lowest BCUT2D eigenvalue weighted by Crippen LogP contribution is -2.25. The summed E-state index contributed by atoms with van der Waals surface area (Å²) >= 11 is 0. The summed E-state index contributed by atoms with van der Waals surface area (Å²) in [6.45, 7) is 0.896. The molecule has 2 heterocycles. The third-order valence-corrected chi connectivity index (χ3v) is 4.11. The molecule has 100 valence electrons. The molecule has 0 unspecified atom stereocenters. The van der Waals surface area contributed by atoms with Crippen LogP contribution in [0.3, 0.4) is 0 Å². The molecular formula is C17H17N3. The largest absolute Gasteiger partial charge is 0.353 e. The minimum absolute atomic E-state index is 0.896. The number of aryl methyl sites for hydroxylation is 1. The predicted octanol–water partition coefficient (Wildman–Crippen LogP) is 3.72. The Hall–Kier alpha value is -2.42. The Morgan fingerprint density at radius 2 is 1.55 bits per heavy atom. The van der Waals surface area contributed by atoms with Gasteiger partial charge < -0.3 is 14.4 Å². The molecule has 4 rings (SSSR count). The van der Waals surface area contributed by atoms with Crippen molar-refractivity contribution in [1.82, 2.24) is 4.57 Å². The van der Waals surface area contributed by atoms with E-state index in [4.69, 9.17) is 0 Å². The van der Waals surface area contributed by atoms with E-state index >= 15 is 0 Å². The maximum atomic E-state index is 2.37. The van der Waals surface area contributed by atoms with Crippen LogP contribution in [0.2, 0.25) is 0 Å². The second-order valence-electron chi connectivity index (χ2n) is 5.35. The molecule has 0 N–H and O–H groups in total. The summed E-state index contributed by atoms with van der Waals surface area (Å²) in [6, 6.07) is 19.2. The average molecular weight is 263 g/mol. The molecule has 20 heavy (non-hydrogen) atoms. The quantitative estimate of drug-likeness (QED) is 0.663. The molecule has 0 atom stereocenters. The van der Waals surface area contributed by atoms with Crippen LogP contribution >= 0.6 is 0 Å². The fourth-order valence-electron chi connectivity index (χ4n) is 3.21. The van der Waals surface area contributed by atoms with Gasteiger partial charge in [0.25, 0.3) is 0 Å². The Morgan fingerprint density at radius 3 is 2.35 bits per heavy atom. The summed E-state index contributed by atoms with van der Waals surface area (Å²) in [5, 5.41) is 1.32. The highest BCUT2D eigenvalue weighted by Gasteiger charge is 2.30. The fraction of sp³-hybridized carbons (Fsp3) is 0.176. The molecule has 3 heteroatoms. The van der Waals surface area contributed by atoms with Gasteiger partial charge >= 0.3 is 0 Å². The van der Waals surface area contributed by atoms with E-state index in [9.17, 15) is 0 Å². The molecule has 1 aliphatic heterocycles. The lowest BCUT2D eigenvalue weighted by molar-refractivity contribution is 0.895. The number of hydrogen-bond donors (Lipinski definition) is 0. The van der Waals surface area contributed by atoms with Crippen LogP contribution in [0.5, 0.6) is 0 Å². The summed E-state index contributed by atoms with van der Waals surface area (Å²) < 4.78 is 2.29. The van der Waals surface area contributed by atoms with Gasteiger partial charge in [-0.15, -0.1) is 0 Å². The van der Waals surface area contributed by atoms with E-state index in [-0.39, 0.29) is 0 Å². The number of hydrogen-bond acceptors (Lipinski definition) is 2. The van der Waals surface area contributed by atoms with Crippen molar-refractivity contribution in [2.75, 3.05) is 23.5 Å². The molecular weight excluding hydrogens is 246 g/mol. The summed E-state index contributed by atoms with van der Waals surface area (Å²) in [5.41, 5.74) is 3.85. The zero-order chi connectivity index (χ0) is 13.7. The van der Waals surface area contributed by atoms with E-state index in [2.05, 4.69) is 83.1 Å². The Balaban J connectivity index is 1.99. The van der Waals surface area contributed by atoms with Crippen LogP contribution in [0, 0.1) is 0 Å². The molecule has 0 spiro atoms. The summed E-state index contributed by atoms with van der Waals surface area (Å²) in [5.74, 6) is 1.28. The minimum atomic E-state index is 0.896. The van der Waals surface area contributed by atoms with Gasteiger partial charge in [0.1, 0.15) is 5.82 Å². The molecule has 1 aromatic heterocycles. The number of nitrogens with zero attached hydrogens (tertiary/aromatic N) is 3. The number of rotatable bonds is 1. The second kappa shape index (κ2) is 4.04. The van der Waals surface area contributed by atoms with Gasteiger partial charge in [0.2, 0.25) is 0 Å². The maximum absolute atomic E-state index is 2.37. The third-order valence-electron chi connectivity index (χ3n) is 4.11. The SMILES string of the molecule is CN1CN(c2ccccc2)c2c1c1ccccc1n2C. The second-order valence-corrected chi connectivity index (χ2v) is 5.35. The van der Waals surface area contributed by atoms with Crippen molar-refractivity contribution in [3.63, 3.8) is 0 Å². The topological polar surface area (TPSA) is 11.4 Å². The van der Waals surface area contributed by atoms with E-state index in [0.717, 1.165) is 6.67 Å². The van der Waals surface area contributed by atoms with Crippen LogP contribution in [0.25, 0.3) is 10.9 Å². The number of para-hydroxylation sites is 2. The van der Waals surface area contributed by atoms with Crippen LogP contribution < -0.4 is 9.80 Å². The van der Waals surface area contributed by atoms with Gasteiger partial charge in [-0.1, -0.05) is 36.4 Å². The van der Waals surface area contributed by atoms with Crippen molar-refractivity contribution < 1.29 is 0 Å². The summed E-state index contributed by atoms with van der Waals surface area (Å²) in [7, 11) is 4.31. The lowest BCUT2D eigenvalue weighted by atomic mass is 10.2. The zero-order valence-electron chi connectivity index (χ0n) is 11.7.